The summed E-state index contributed by atoms with van der Waals surface area (Å²) in [6.45, 7) is 2.48. The lowest BCUT2D eigenvalue weighted by Crippen LogP contribution is -2.31. The number of sulfonamides is 1. The van der Waals surface area contributed by atoms with Crippen LogP contribution in [0.15, 0.2) is 24.3 Å². The molecule has 4 nitrogen and oxygen atoms in total. The Kier molecular flexibility index (Phi) is 6.08. The van der Waals surface area contributed by atoms with Crippen molar-refractivity contribution in [1.82, 2.24) is 10.0 Å². The lowest BCUT2D eigenvalue weighted by Gasteiger charge is -2.17. The Balaban J connectivity index is 2.55. The van der Waals surface area contributed by atoms with Crippen molar-refractivity contribution in [1.29, 1.82) is 0 Å². The average Bonchev–Trinajstić information content (AvgIpc) is 2.36. The molecule has 0 aliphatic carbocycles. The van der Waals surface area contributed by atoms with Gasteiger partial charge in [0.2, 0.25) is 10.0 Å². The number of rotatable bonds is 7. The molecule has 0 aliphatic heterocycles. The number of halogens is 1. The second kappa shape index (κ2) is 7.09. The van der Waals surface area contributed by atoms with Gasteiger partial charge in [0.1, 0.15) is 0 Å². The summed E-state index contributed by atoms with van der Waals surface area (Å²) in [4.78, 5) is 0. The van der Waals surface area contributed by atoms with E-state index in [4.69, 9.17) is 11.6 Å². The molecule has 0 saturated carbocycles. The molecule has 0 aliphatic rings. The average molecular weight is 291 g/mol. The summed E-state index contributed by atoms with van der Waals surface area (Å²) in [6.07, 6.45) is 0.890. The van der Waals surface area contributed by atoms with Crippen molar-refractivity contribution in [3.63, 3.8) is 0 Å². The van der Waals surface area contributed by atoms with Gasteiger partial charge in [-0.25, -0.2) is 13.1 Å². The third-order valence-corrected chi connectivity index (χ3v) is 4.37. The summed E-state index contributed by atoms with van der Waals surface area (Å²) >= 11 is 5.83. The minimum atomic E-state index is -3.15. The second-order valence-electron chi connectivity index (χ2n) is 3.99. The number of nitrogens with one attached hydrogen (secondary N) is 2. The van der Waals surface area contributed by atoms with Crippen LogP contribution < -0.4 is 10.0 Å². The van der Waals surface area contributed by atoms with Crippen LogP contribution in [0.1, 0.15) is 24.9 Å². The third-order valence-electron chi connectivity index (χ3n) is 2.75. The molecule has 1 aromatic carbocycles. The van der Waals surface area contributed by atoms with Crippen LogP contribution in [-0.4, -0.2) is 27.8 Å². The Morgan fingerprint density at radius 2 is 1.89 bits per heavy atom. The molecule has 1 rings (SSSR count). The molecule has 0 heterocycles. The summed E-state index contributed by atoms with van der Waals surface area (Å²) < 4.78 is 24.9. The van der Waals surface area contributed by atoms with Crippen LogP contribution in [0.2, 0.25) is 5.02 Å². The van der Waals surface area contributed by atoms with Gasteiger partial charge in [0.15, 0.2) is 0 Å². The molecule has 0 bridgehead atoms. The van der Waals surface area contributed by atoms with Gasteiger partial charge < -0.3 is 5.32 Å². The summed E-state index contributed by atoms with van der Waals surface area (Å²) in [5.74, 6) is 0.0770. The largest absolute Gasteiger partial charge is 0.309 e. The van der Waals surface area contributed by atoms with Crippen molar-refractivity contribution < 1.29 is 8.42 Å². The zero-order valence-corrected chi connectivity index (χ0v) is 12.2. The van der Waals surface area contributed by atoms with Crippen LogP contribution in [0.25, 0.3) is 0 Å². The minimum absolute atomic E-state index is 0.0770. The molecule has 0 fully saturated rings. The molecule has 1 aromatic rings. The highest BCUT2D eigenvalue weighted by Crippen LogP contribution is 2.18. The predicted octanol–water partition coefficient (Wildman–Crippen LogP) is 1.93. The van der Waals surface area contributed by atoms with Gasteiger partial charge in [-0.2, -0.15) is 0 Å². The minimum Gasteiger partial charge on any atom is -0.309 e. The second-order valence-corrected chi connectivity index (χ2v) is 6.47. The van der Waals surface area contributed by atoms with Crippen LogP contribution in [-0.2, 0) is 10.0 Å². The maximum atomic E-state index is 11.3. The smallest absolute Gasteiger partial charge is 0.212 e. The van der Waals surface area contributed by atoms with E-state index in [1.807, 2.05) is 24.3 Å². The van der Waals surface area contributed by atoms with E-state index >= 15 is 0 Å². The van der Waals surface area contributed by atoms with Gasteiger partial charge in [0.25, 0.3) is 0 Å². The summed E-state index contributed by atoms with van der Waals surface area (Å²) in [5.41, 5.74) is 1.11. The van der Waals surface area contributed by atoms with E-state index in [9.17, 15) is 8.42 Å². The van der Waals surface area contributed by atoms with Gasteiger partial charge in [-0.1, -0.05) is 30.7 Å². The van der Waals surface area contributed by atoms with E-state index in [1.54, 1.807) is 0 Å². The molecule has 102 valence electrons. The number of hydrogen-bond acceptors (Lipinski definition) is 3. The van der Waals surface area contributed by atoms with Crippen LogP contribution in [0.5, 0.6) is 0 Å². The van der Waals surface area contributed by atoms with Crippen LogP contribution >= 0.6 is 11.6 Å². The van der Waals surface area contributed by atoms with Crippen molar-refractivity contribution in [2.45, 2.75) is 19.4 Å². The third kappa shape index (κ3) is 4.94. The molecule has 0 radical (unpaired) electrons. The lowest BCUT2D eigenvalue weighted by molar-refractivity contribution is 0.530. The van der Waals surface area contributed by atoms with Crippen molar-refractivity contribution in [2.75, 3.05) is 19.3 Å². The topological polar surface area (TPSA) is 58.2 Å². The first-order valence-corrected chi connectivity index (χ1v) is 7.91. The van der Waals surface area contributed by atoms with E-state index in [-0.39, 0.29) is 11.8 Å². The first-order chi connectivity index (χ1) is 8.48. The molecule has 1 unspecified atom stereocenters. The van der Waals surface area contributed by atoms with Crippen molar-refractivity contribution in [3.8, 4) is 0 Å². The first kappa shape index (κ1) is 15.4. The highest BCUT2D eigenvalue weighted by atomic mass is 35.5. The Morgan fingerprint density at radius 3 is 2.39 bits per heavy atom. The Hall–Kier alpha value is -0.620. The van der Waals surface area contributed by atoms with Gasteiger partial charge in [-0.3, -0.25) is 0 Å². The molecule has 0 amide bonds. The van der Waals surface area contributed by atoms with Crippen LogP contribution in [0.4, 0.5) is 0 Å². The van der Waals surface area contributed by atoms with Gasteiger partial charge in [-0.15, -0.1) is 0 Å². The standard InChI is InChI=1S/C12H19ClN2O2S/c1-3-12(10-4-6-11(13)7-5-10)15-8-9-18(16,17)14-2/h4-7,12,14-15H,3,8-9H2,1-2H3. The fraction of sp³-hybridized carbons (Fsp3) is 0.500. The summed E-state index contributed by atoms with van der Waals surface area (Å²) in [7, 11) is -1.72. The van der Waals surface area contributed by atoms with E-state index in [0.717, 1.165) is 12.0 Å². The van der Waals surface area contributed by atoms with E-state index in [0.29, 0.717) is 11.6 Å². The van der Waals surface area contributed by atoms with E-state index in [1.165, 1.54) is 7.05 Å². The zero-order chi connectivity index (χ0) is 13.6. The molecular formula is C12H19ClN2O2S. The molecule has 0 saturated heterocycles. The predicted molar refractivity (Wildman–Crippen MR) is 75.3 cm³/mol. The SMILES string of the molecule is CCC(NCCS(=O)(=O)NC)c1ccc(Cl)cc1. The summed E-state index contributed by atoms with van der Waals surface area (Å²) in [6, 6.07) is 7.73. The van der Waals surface area contributed by atoms with Gasteiger partial charge in [0, 0.05) is 17.6 Å². The fourth-order valence-electron chi connectivity index (χ4n) is 1.66. The Labute approximate surface area is 114 Å². The molecule has 6 heteroatoms. The quantitative estimate of drug-likeness (QED) is 0.807. The molecular weight excluding hydrogens is 272 g/mol. The molecule has 0 aromatic heterocycles. The van der Waals surface area contributed by atoms with E-state index in [2.05, 4.69) is 17.0 Å². The number of hydrogen-bond donors (Lipinski definition) is 2. The maximum Gasteiger partial charge on any atom is 0.212 e. The van der Waals surface area contributed by atoms with Gasteiger partial charge in [0.05, 0.1) is 5.75 Å². The highest BCUT2D eigenvalue weighted by Gasteiger charge is 2.11. The Morgan fingerprint density at radius 1 is 1.28 bits per heavy atom. The monoisotopic (exact) mass is 290 g/mol. The number of benzene rings is 1. The molecule has 2 N–H and O–H groups in total. The van der Waals surface area contributed by atoms with Crippen LogP contribution in [0, 0.1) is 0 Å². The summed E-state index contributed by atoms with van der Waals surface area (Å²) in [5, 5.41) is 3.93. The van der Waals surface area contributed by atoms with E-state index < -0.39 is 10.0 Å². The zero-order valence-electron chi connectivity index (χ0n) is 10.6. The molecule has 18 heavy (non-hydrogen) atoms. The van der Waals surface area contributed by atoms with Gasteiger partial charge in [-0.05, 0) is 31.2 Å². The highest BCUT2D eigenvalue weighted by molar-refractivity contribution is 7.89. The molecule has 0 spiro atoms. The maximum absolute atomic E-state index is 11.3. The van der Waals surface area contributed by atoms with Crippen molar-refractivity contribution in [3.05, 3.63) is 34.9 Å². The lowest BCUT2D eigenvalue weighted by atomic mass is 10.1. The molecule has 1 atom stereocenters. The normalized spacial score (nSPS) is 13.5. The van der Waals surface area contributed by atoms with Crippen molar-refractivity contribution in [2.24, 2.45) is 0 Å². The van der Waals surface area contributed by atoms with Crippen molar-refractivity contribution >= 4 is 21.6 Å². The fourth-order valence-corrected chi connectivity index (χ4v) is 2.38. The van der Waals surface area contributed by atoms with Crippen LogP contribution in [0.3, 0.4) is 0 Å². The first-order valence-electron chi connectivity index (χ1n) is 5.88. The van der Waals surface area contributed by atoms with Gasteiger partial charge >= 0.3 is 0 Å². The Bertz CT molecular complexity index is 459.